The summed E-state index contributed by atoms with van der Waals surface area (Å²) in [5.41, 5.74) is -1.57. The van der Waals surface area contributed by atoms with Crippen LogP contribution in [0.1, 0.15) is 34.1 Å². The molecule has 0 fully saturated rings. The summed E-state index contributed by atoms with van der Waals surface area (Å²) in [6, 6.07) is 0. The van der Waals surface area contributed by atoms with Crippen molar-refractivity contribution in [2.24, 2.45) is 5.41 Å². The van der Waals surface area contributed by atoms with Crippen LogP contribution in [-0.2, 0) is 28.6 Å². The largest absolute Gasteiger partial charge is 0.465 e. The molecule has 0 bridgehead atoms. The molecule has 0 unspecified atom stereocenters. The van der Waals surface area contributed by atoms with Gasteiger partial charge in [-0.25, -0.2) is 0 Å². The monoisotopic (exact) mass is 260 g/mol. The average Bonchev–Trinajstić information content (AvgIpc) is 2.30. The quantitative estimate of drug-likeness (QED) is 0.387. The summed E-state index contributed by atoms with van der Waals surface area (Å²) in [5.74, 6) is -2.03. The van der Waals surface area contributed by atoms with Crippen LogP contribution in [0.5, 0.6) is 0 Å². The van der Waals surface area contributed by atoms with Gasteiger partial charge in [-0.05, 0) is 20.3 Å². The molecular weight excluding hydrogens is 240 g/mol. The van der Waals surface area contributed by atoms with Crippen molar-refractivity contribution in [2.75, 3.05) is 19.8 Å². The first-order valence-corrected chi connectivity index (χ1v) is 5.92. The molecule has 0 N–H and O–H groups in total. The smallest absolute Gasteiger partial charge is 0.327 e. The van der Waals surface area contributed by atoms with Crippen molar-refractivity contribution in [2.45, 2.75) is 34.1 Å². The number of ether oxygens (including phenoxy) is 3. The first-order valence-electron chi connectivity index (χ1n) is 5.92. The molecule has 0 radical (unpaired) electrons. The summed E-state index contributed by atoms with van der Waals surface area (Å²) in [6.45, 7) is 6.02. The molecule has 0 rings (SSSR count). The van der Waals surface area contributed by atoms with Gasteiger partial charge in [0.2, 0.25) is 0 Å². The third kappa shape index (κ3) is 4.01. The molecule has 18 heavy (non-hydrogen) atoms. The standard InChI is InChI=1S/C12H20O6/c1-5-12(8-18-9(4)13,10(14)16-6-2)11(15)17-7-3/h5-8H2,1-4H3. The van der Waals surface area contributed by atoms with Gasteiger partial charge in [-0.2, -0.15) is 0 Å². The molecule has 6 heteroatoms. The van der Waals surface area contributed by atoms with Gasteiger partial charge >= 0.3 is 17.9 Å². The Morgan fingerprint density at radius 3 is 1.61 bits per heavy atom. The van der Waals surface area contributed by atoms with Crippen LogP contribution in [0.4, 0.5) is 0 Å². The fourth-order valence-electron chi connectivity index (χ4n) is 1.36. The Bertz CT molecular complexity index is 292. The lowest BCUT2D eigenvalue weighted by molar-refractivity contribution is -0.178. The maximum atomic E-state index is 11.9. The van der Waals surface area contributed by atoms with E-state index in [0.29, 0.717) is 0 Å². The Hall–Kier alpha value is -1.59. The molecule has 0 aromatic carbocycles. The number of rotatable bonds is 7. The Labute approximate surface area is 107 Å². The second-order valence-corrected chi connectivity index (χ2v) is 3.66. The SMILES string of the molecule is CCOC(=O)C(CC)(COC(C)=O)C(=O)OCC. The van der Waals surface area contributed by atoms with Crippen LogP contribution in [0.3, 0.4) is 0 Å². The van der Waals surface area contributed by atoms with E-state index in [1.165, 1.54) is 6.92 Å². The summed E-state index contributed by atoms with van der Waals surface area (Å²) in [7, 11) is 0. The van der Waals surface area contributed by atoms with E-state index >= 15 is 0 Å². The minimum atomic E-state index is -1.57. The van der Waals surface area contributed by atoms with E-state index < -0.39 is 23.3 Å². The molecule has 0 aromatic heterocycles. The second kappa shape index (κ2) is 7.68. The van der Waals surface area contributed by atoms with Crippen molar-refractivity contribution < 1.29 is 28.6 Å². The van der Waals surface area contributed by atoms with Crippen LogP contribution in [0.2, 0.25) is 0 Å². The van der Waals surface area contributed by atoms with Crippen molar-refractivity contribution in [3.63, 3.8) is 0 Å². The summed E-state index contributed by atoms with van der Waals surface area (Å²) in [4.78, 5) is 34.7. The molecule has 6 nitrogen and oxygen atoms in total. The van der Waals surface area contributed by atoms with E-state index in [1.54, 1.807) is 20.8 Å². The van der Waals surface area contributed by atoms with E-state index in [1.807, 2.05) is 0 Å². The number of hydrogen-bond donors (Lipinski definition) is 0. The van der Waals surface area contributed by atoms with Gasteiger partial charge in [0.15, 0.2) is 5.41 Å². The first-order chi connectivity index (χ1) is 8.44. The Morgan fingerprint density at radius 1 is 0.889 bits per heavy atom. The zero-order valence-corrected chi connectivity index (χ0v) is 11.3. The highest BCUT2D eigenvalue weighted by Crippen LogP contribution is 2.27. The lowest BCUT2D eigenvalue weighted by Gasteiger charge is -2.27. The molecular formula is C12H20O6. The lowest BCUT2D eigenvalue weighted by atomic mass is 9.86. The molecule has 0 aliphatic rings. The number of carbonyl (C=O) groups is 3. The van der Waals surface area contributed by atoms with E-state index in [0.717, 1.165) is 0 Å². The van der Waals surface area contributed by atoms with Gasteiger partial charge in [-0.1, -0.05) is 6.92 Å². The highest BCUT2D eigenvalue weighted by Gasteiger charge is 2.48. The first kappa shape index (κ1) is 16.4. The van der Waals surface area contributed by atoms with E-state index in [9.17, 15) is 14.4 Å². The molecule has 0 amide bonds. The fraction of sp³-hybridized carbons (Fsp3) is 0.750. The molecule has 0 aromatic rings. The van der Waals surface area contributed by atoms with Crippen molar-refractivity contribution in [3.05, 3.63) is 0 Å². The summed E-state index contributed by atoms with van der Waals surface area (Å²) >= 11 is 0. The van der Waals surface area contributed by atoms with E-state index in [4.69, 9.17) is 14.2 Å². The van der Waals surface area contributed by atoms with E-state index in [2.05, 4.69) is 0 Å². The maximum Gasteiger partial charge on any atom is 0.327 e. The van der Waals surface area contributed by atoms with E-state index in [-0.39, 0.29) is 26.2 Å². The molecule has 0 heterocycles. The van der Waals surface area contributed by atoms with Crippen LogP contribution in [0.25, 0.3) is 0 Å². The number of esters is 3. The van der Waals surface area contributed by atoms with Crippen molar-refractivity contribution in [3.8, 4) is 0 Å². The summed E-state index contributed by atoms with van der Waals surface area (Å²) < 4.78 is 14.5. The molecule has 0 saturated carbocycles. The highest BCUT2D eigenvalue weighted by molar-refractivity contribution is 6.00. The van der Waals surface area contributed by atoms with Gasteiger partial charge in [-0.15, -0.1) is 0 Å². The third-order valence-electron chi connectivity index (χ3n) is 2.46. The molecule has 104 valence electrons. The third-order valence-corrected chi connectivity index (χ3v) is 2.46. The summed E-state index contributed by atoms with van der Waals surface area (Å²) in [6.07, 6.45) is 0.137. The second-order valence-electron chi connectivity index (χ2n) is 3.66. The molecule has 0 saturated heterocycles. The topological polar surface area (TPSA) is 78.9 Å². The Balaban J connectivity index is 5.11. The average molecular weight is 260 g/mol. The highest BCUT2D eigenvalue weighted by atomic mass is 16.6. The molecule has 0 aliphatic heterocycles. The van der Waals surface area contributed by atoms with Crippen molar-refractivity contribution in [1.29, 1.82) is 0 Å². The number of hydrogen-bond acceptors (Lipinski definition) is 6. The van der Waals surface area contributed by atoms with Crippen LogP contribution < -0.4 is 0 Å². The van der Waals surface area contributed by atoms with Crippen LogP contribution in [0.15, 0.2) is 0 Å². The Morgan fingerprint density at radius 2 is 1.33 bits per heavy atom. The zero-order valence-electron chi connectivity index (χ0n) is 11.3. The summed E-state index contributed by atoms with van der Waals surface area (Å²) in [5, 5.41) is 0. The van der Waals surface area contributed by atoms with Crippen LogP contribution in [0, 0.1) is 5.41 Å². The van der Waals surface area contributed by atoms with Crippen LogP contribution in [-0.4, -0.2) is 37.7 Å². The molecule has 0 atom stereocenters. The normalized spacial score (nSPS) is 10.7. The van der Waals surface area contributed by atoms with Gasteiger partial charge in [0.1, 0.15) is 6.61 Å². The van der Waals surface area contributed by atoms with Gasteiger partial charge in [0, 0.05) is 6.92 Å². The molecule has 0 aliphatic carbocycles. The maximum absolute atomic E-state index is 11.9. The van der Waals surface area contributed by atoms with Crippen molar-refractivity contribution >= 4 is 17.9 Å². The minimum Gasteiger partial charge on any atom is -0.465 e. The Kier molecular flexibility index (Phi) is 7.00. The zero-order chi connectivity index (χ0) is 14.2. The van der Waals surface area contributed by atoms with Gasteiger partial charge in [0.05, 0.1) is 13.2 Å². The van der Waals surface area contributed by atoms with Crippen LogP contribution >= 0.6 is 0 Å². The predicted octanol–water partition coefficient (Wildman–Crippen LogP) is 1.07. The predicted molar refractivity (Wildman–Crippen MR) is 62.6 cm³/mol. The molecule has 0 spiro atoms. The minimum absolute atomic E-state index is 0.137. The van der Waals surface area contributed by atoms with Crippen molar-refractivity contribution in [1.82, 2.24) is 0 Å². The fourth-order valence-corrected chi connectivity index (χ4v) is 1.36. The lowest BCUT2D eigenvalue weighted by Crippen LogP contribution is -2.45. The van der Waals surface area contributed by atoms with Gasteiger partial charge < -0.3 is 14.2 Å². The van der Waals surface area contributed by atoms with Gasteiger partial charge in [-0.3, -0.25) is 14.4 Å². The van der Waals surface area contributed by atoms with Gasteiger partial charge in [0.25, 0.3) is 0 Å². The number of carbonyl (C=O) groups excluding carboxylic acids is 3.